The number of unbranched alkanes of at least 4 members (excludes halogenated alkanes) is 2. The molecule has 2 aromatic rings. The average Bonchev–Trinajstić information content (AvgIpc) is 2.66. The van der Waals surface area contributed by atoms with Gasteiger partial charge in [0.05, 0.1) is 16.1 Å². The Morgan fingerprint density at radius 3 is 2.89 bits per heavy atom. The van der Waals surface area contributed by atoms with Crippen LogP contribution in [-0.4, -0.2) is 23.3 Å². The molecule has 1 aromatic heterocycles. The zero-order valence-corrected chi connectivity index (χ0v) is 12.3. The van der Waals surface area contributed by atoms with E-state index in [1.54, 1.807) is 13.2 Å². The van der Waals surface area contributed by atoms with E-state index in [-0.39, 0.29) is 5.02 Å². The molecule has 0 fully saturated rings. The number of aryl methyl sites for hydroxylation is 1. The maximum absolute atomic E-state index is 13.4. The third-order valence-electron chi connectivity index (χ3n) is 3.05. The minimum atomic E-state index is -0.433. The summed E-state index contributed by atoms with van der Waals surface area (Å²) in [6.45, 7) is 1.57. The van der Waals surface area contributed by atoms with Gasteiger partial charge < -0.3 is 14.3 Å². The van der Waals surface area contributed by atoms with Gasteiger partial charge in [0.15, 0.2) is 4.77 Å². The first-order valence-electron chi connectivity index (χ1n) is 6.20. The predicted molar refractivity (Wildman–Crippen MR) is 77.8 cm³/mol. The quantitative estimate of drug-likeness (QED) is 0.636. The van der Waals surface area contributed by atoms with Crippen molar-refractivity contribution in [2.75, 3.05) is 13.7 Å². The molecule has 0 atom stereocenters. The molecule has 19 heavy (non-hydrogen) atoms. The van der Waals surface area contributed by atoms with Gasteiger partial charge in [-0.3, -0.25) is 0 Å². The highest BCUT2D eigenvalue weighted by atomic mass is 35.5. The fourth-order valence-corrected chi connectivity index (χ4v) is 2.52. The minimum absolute atomic E-state index is 0.120. The molecule has 2 rings (SSSR count). The summed E-state index contributed by atoms with van der Waals surface area (Å²) in [5.41, 5.74) is 1.53. The molecule has 3 nitrogen and oxygen atoms in total. The molecule has 0 spiro atoms. The zero-order valence-electron chi connectivity index (χ0n) is 10.7. The van der Waals surface area contributed by atoms with E-state index >= 15 is 0 Å². The summed E-state index contributed by atoms with van der Waals surface area (Å²) in [6.07, 6.45) is 3.10. The Morgan fingerprint density at radius 2 is 2.16 bits per heavy atom. The van der Waals surface area contributed by atoms with Gasteiger partial charge >= 0.3 is 0 Å². The number of H-pyrrole nitrogens is 1. The topological polar surface area (TPSA) is 29.9 Å². The molecule has 0 radical (unpaired) electrons. The standard InChI is InChI=1S/C13H16ClFN2OS/c1-18-6-4-2-3-5-17-12-7-9(14)10(15)8-11(12)16-13(17)19/h7-8H,2-6H2,1H3,(H,16,19). The highest BCUT2D eigenvalue weighted by Crippen LogP contribution is 2.23. The summed E-state index contributed by atoms with van der Waals surface area (Å²) < 4.78 is 20.9. The van der Waals surface area contributed by atoms with Crippen molar-refractivity contribution >= 4 is 34.9 Å². The van der Waals surface area contributed by atoms with Crippen molar-refractivity contribution < 1.29 is 9.13 Å². The van der Waals surface area contributed by atoms with Crippen molar-refractivity contribution in [2.45, 2.75) is 25.8 Å². The molecule has 1 N–H and O–H groups in total. The molecule has 0 saturated carbocycles. The first-order chi connectivity index (χ1) is 9.13. The summed E-state index contributed by atoms with van der Waals surface area (Å²) in [5.74, 6) is -0.433. The summed E-state index contributed by atoms with van der Waals surface area (Å²) in [5, 5.41) is 0.120. The third-order valence-corrected chi connectivity index (χ3v) is 3.66. The smallest absolute Gasteiger partial charge is 0.178 e. The van der Waals surface area contributed by atoms with E-state index in [2.05, 4.69) is 4.98 Å². The fraction of sp³-hybridized carbons (Fsp3) is 0.462. The molecule has 1 aromatic carbocycles. The second-order valence-corrected chi connectivity index (χ2v) is 5.21. The van der Waals surface area contributed by atoms with Crippen molar-refractivity contribution in [3.63, 3.8) is 0 Å². The molecular formula is C13H16ClFN2OS. The zero-order chi connectivity index (χ0) is 13.8. The van der Waals surface area contributed by atoms with E-state index in [1.165, 1.54) is 6.07 Å². The molecule has 0 saturated heterocycles. The van der Waals surface area contributed by atoms with Crippen LogP contribution in [0.4, 0.5) is 4.39 Å². The molecule has 1 heterocycles. The highest BCUT2D eigenvalue weighted by molar-refractivity contribution is 7.71. The maximum atomic E-state index is 13.4. The summed E-state index contributed by atoms with van der Waals surface area (Å²) in [4.78, 5) is 3.00. The highest BCUT2D eigenvalue weighted by Gasteiger charge is 2.08. The van der Waals surface area contributed by atoms with Crippen LogP contribution in [0.1, 0.15) is 19.3 Å². The lowest BCUT2D eigenvalue weighted by molar-refractivity contribution is 0.191. The van der Waals surface area contributed by atoms with Crippen LogP contribution in [0, 0.1) is 10.6 Å². The largest absolute Gasteiger partial charge is 0.385 e. The van der Waals surface area contributed by atoms with E-state index in [4.69, 9.17) is 28.6 Å². The number of hydrogen-bond donors (Lipinski definition) is 1. The molecular weight excluding hydrogens is 287 g/mol. The first kappa shape index (κ1) is 14.5. The van der Waals surface area contributed by atoms with E-state index in [9.17, 15) is 4.39 Å². The average molecular weight is 303 g/mol. The number of hydrogen-bond acceptors (Lipinski definition) is 2. The molecule has 0 aliphatic carbocycles. The van der Waals surface area contributed by atoms with Crippen LogP contribution in [-0.2, 0) is 11.3 Å². The molecule has 0 unspecified atom stereocenters. The SMILES string of the molecule is COCCCCCn1c(=S)[nH]c2cc(F)c(Cl)cc21. The summed E-state index contributed by atoms with van der Waals surface area (Å²) in [7, 11) is 1.70. The van der Waals surface area contributed by atoms with E-state index in [0.29, 0.717) is 10.3 Å². The van der Waals surface area contributed by atoms with Crippen LogP contribution in [0.15, 0.2) is 12.1 Å². The van der Waals surface area contributed by atoms with Crippen molar-refractivity contribution in [1.82, 2.24) is 9.55 Å². The van der Waals surface area contributed by atoms with E-state index in [0.717, 1.165) is 37.9 Å². The second-order valence-electron chi connectivity index (χ2n) is 4.42. The van der Waals surface area contributed by atoms with Crippen LogP contribution in [0.3, 0.4) is 0 Å². The fourth-order valence-electron chi connectivity index (χ4n) is 2.07. The number of methoxy groups -OCH3 is 1. The molecule has 0 aliphatic rings. The molecule has 0 aliphatic heterocycles. The van der Waals surface area contributed by atoms with Crippen molar-refractivity contribution in [2.24, 2.45) is 0 Å². The Kier molecular flexibility index (Phi) is 4.96. The molecule has 6 heteroatoms. The van der Waals surface area contributed by atoms with Gasteiger partial charge in [0.1, 0.15) is 5.82 Å². The number of nitrogens with zero attached hydrogens (tertiary/aromatic N) is 1. The van der Waals surface area contributed by atoms with Gasteiger partial charge in [-0.25, -0.2) is 4.39 Å². The Bertz CT molecular complexity index is 623. The number of nitrogens with one attached hydrogen (secondary N) is 1. The van der Waals surface area contributed by atoms with Crippen LogP contribution in [0.2, 0.25) is 5.02 Å². The molecule has 0 amide bonds. The summed E-state index contributed by atoms with van der Waals surface area (Å²) >= 11 is 11.1. The third kappa shape index (κ3) is 3.35. The lowest BCUT2D eigenvalue weighted by atomic mass is 10.2. The Labute approximate surface area is 121 Å². The molecule has 104 valence electrons. The van der Waals surface area contributed by atoms with Gasteiger partial charge in [0.2, 0.25) is 0 Å². The number of fused-ring (bicyclic) bond motifs is 1. The Balaban J connectivity index is 2.16. The van der Waals surface area contributed by atoms with Gasteiger partial charge in [-0.15, -0.1) is 0 Å². The Hall–Kier alpha value is -0.910. The predicted octanol–water partition coefficient (Wildman–Crippen LogP) is 4.31. The number of benzene rings is 1. The lowest BCUT2D eigenvalue weighted by Gasteiger charge is -2.05. The van der Waals surface area contributed by atoms with Gasteiger partial charge in [-0.1, -0.05) is 11.6 Å². The van der Waals surface area contributed by atoms with Crippen LogP contribution < -0.4 is 0 Å². The van der Waals surface area contributed by atoms with Gasteiger partial charge in [0, 0.05) is 26.3 Å². The number of imidazole rings is 1. The van der Waals surface area contributed by atoms with E-state index in [1.807, 2.05) is 4.57 Å². The van der Waals surface area contributed by atoms with E-state index < -0.39 is 5.82 Å². The van der Waals surface area contributed by atoms with Crippen molar-refractivity contribution in [3.8, 4) is 0 Å². The number of halogens is 2. The second kappa shape index (κ2) is 6.50. The van der Waals surface area contributed by atoms with Gasteiger partial charge in [-0.05, 0) is 37.5 Å². The maximum Gasteiger partial charge on any atom is 0.178 e. The first-order valence-corrected chi connectivity index (χ1v) is 6.98. The Morgan fingerprint density at radius 1 is 1.37 bits per heavy atom. The normalized spacial score (nSPS) is 11.3. The minimum Gasteiger partial charge on any atom is -0.385 e. The number of rotatable bonds is 6. The van der Waals surface area contributed by atoms with Crippen LogP contribution >= 0.6 is 23.8 Å². The van der Waals surface area contributed by atoms with Crippen LogP contribution in [0.5, 0.6) is 0 Å². The van der Waals surface area contributed by atoms with Gasteiger partial charge in [0.25, 0.3) is 0 Å². The number of aromatic amines is 1. The van der Waals surface area contributed by atoms with Crippen LogP contribution in [0.25, 0.3) is 11.0 Å². The van der Waals surface area contributed by atoms with Crippen molar-refractivity contribution in [1.29, 1.82) is 0 Å². The van der Waals surface area contributed by atoms with Crippen molar-refractivity contribution in [3.05, 3.63) is 27.7 Å². The summed E-state index contributed by atoms with van der Waals surface area (Å²) in [6, 6.07) is 3.00. The number of ether oxygens (including phenoxy) is 1. The van der Waals surface area contributed by atoms with Gasteiger partial charge in [-0.2, -0.15) is 0 Å². The number of aromatic nitrogens is 2. The monoisotopic (exact) mass is 302 g/mol. The lowest BCUT2D eigenvalue weighted by Crippen LogP contribution is -1.99. The molecule has 0 bridgehead atoms.